The van der Waals surface area contributed by atoms with Crippen LogP contribution in [-0.2, 0) is 13.1 Å². The second kappa shape index (κ2) is 11.1. The number of nitrogens with zero attached hydrogens (tertiary/aromatic N) is 7. The van der Waals surface area contributed by atoms with Gasteiger partial charge in [-0.05, 0) is 71.1 Å². The van der Waals surface area contributed by atoms with Gasteiger partial charge in [0.25, 0.3) is 5.95 Å². The van der Waals surface area contributed by atoms with Gasteiger partial charge in [0.1, 0.15) is 0 Å². The lowest BCUT2D eigenvalue weighted by molar-refractivity contribution is 0.531. The molecule has 0 aliphatic rings. The standard InChI is InChI=1S/C33H33N7/c1-24(2)20-21-38-31-17-11-10-16-29(31)30-22-27(18-19-32(30)38)25(3)35-40(28-14-8-5-9-15-28)33-34-36-37-39(33)23-26-12-6-4-7-13-26/h4-19,22,24H,20-21,23H2,1-3H3. The van der Waals surface area contributed by atoms with Crippen LogP contribution in [0.4, 0.5) is 11.6 Å². The molecule has 0 aliphatic carbocycles. The van der Waals surface area contributed by atoms with Crippen molar-refractivity contribution in [3.63, 3.8) is 0 Å². The molecule has 2 heterocycles. The normalized spacial score (nSPS) is 12.1. The lowest BCUT2D eigenvalue weighted by atomic mass is 10.1. The van der Waals surface area contributed by atoms with Crippen molar-refractivity contribution >= 4 is 39.2 Å². The van der Waals surface area contributed by atoms with E-state index < -0.39 is 0 Å². The van der Waals surface area contributed by atoms with Crippen molar-refractivity contribution in [3.05, 3.63) is 114 Å². The van der Waals surface area contributed by atoms with Gasteiger partial charge in [0.05, 0.1) is 17.9 Å². The lowest BCUT2D eigenvalue weighted by Crippen LogP contribution is -2.18. The highest BCUT2D eigenvalue weighted by molar-refractivity contribution is 6.11. The van der Waals surface area contributed by atoms with E-state index in [9.17, 15) is 0 Å². The van der Waals surface area contributed by atoms with E-state index in [4.69, 9.17) is 5.10 Å². The van der Waals surface area contributed by atoms with E-state index in [1.165, 1.54) is 21.8 Å². The van der Waals surface area contributed by atoms with E-state index >= 15 is 0 Å². The number of hydrogen-bond donors (Lipinski definition) is 0. The summed E-state index contributed by atoms with van der Waals surface area (Å²) >= 11 is 0. The minimum Gasteiger partial charge on any atom is -0.340 e. The molecule has 7 nitrogen and oxygen atoms in total. The third-order valence-corrected chi connectivity index (χ3v) is 7.25. The molecule has 200 valence electrons. The topological polar surface area (TPSA) is 64.1 Å². The number of anilines is 2. The van der Waals surface area contributed by atoms with Crippen LogP contribution in [0.5, 0.6) is 0 Å². The molecule has 0 atom stereocenters. The molecule has 7 heteroatoms. The molecule has 0 unspecified atom stereocenters. The molecule has 6 aromatic rings. The van der Waals surface area contributed by atoms with Crippen molar-refractivity contribution < 1.29 is 0 Å². The number of benzene rings is 4. The van der Waals surface area contributed by atoms with E-state index in [1.54, 1.807) is 4.68 Å². The highest BCUT2D eigenvalue weighted by atomic mass is 15.6. The zero-order valence-corrected chi connectivity index (χ0v) is 23.1. The molecule has 0 saturated heterocycles. The molecule has 0 fully saturated rings. The van der Waals surface area contributed by atoms with Crippen molar-refractivity contribution in [1.82, 2.24) is 24.8 Å². The van der Waals surface area contributed by atoms with E-state index in [1.807, 2.05) is 60.5 Å². The third kappa shape index (κ3) is 5.10. The summed E-state index contributed by atoms with van der Waals surface area (Å²) in [5.41, 5.74) is 6.46. The van der Waals surface area contributed by atoms with Crippen LogP contribution in [0, 0.1) is 5.92 Å². The zero-order valence-electron chi connectivity index (χ0n) is 23.1. The van der Waals surface area contributed by atoms with E-state index in [0.29, 0.717) is 18.4 Å². The molecular weight excluding hydrogens is 494 g/mol. The molecule has 0 bridgehead atoms. The molecular formula is C33H33N7. The average molecular weight is 528 g/mol. The van der Waals surface area contributed by atoms with Crippen LogP contribution in [0.25, 0.3) is 21.8 Å². The van der Waals surface area contributed by atoms with Gasteiger partial charge in [0.2, 0.25) is 0 Å². The Balaban J connectivity index is 1.42. The van der Waals surface area contributed by atoms with Gasteiger partial charge in [-0.15, -0.1) is 0 Å². The molecule has 0 spiro atoms. The van der Waals surface area contributed by atoms with Crippen molar-refractivity contribution in [2.24, 2.45) is 11.0 Å². The van der Waals surface area contributed by atoms with Gasteiger partial charge in [0.15, 0.2) is 0 Å². The first-order chi connectivity index (χ1) is 19.6. The molecule has 0 radical (unpaired) electrons. The Kier molecular flexibility index (Phi) is 7.10. The van der Waals surface area contributed by atoms with Crippen LogP contribution in [0.1, 0.15) is 38.3 Å². The highest BCUT2D eigenvalue weighted by Gasteiger charge is 2.19. The van der Waals surface area contributed by atoms with Crippen LogP contribution < -0.4 is 5.01 Å². The van der Waals surface area contributed by atoms with Crippen molar-refractivity contribution in [2.45, 2.75) is 40.3 Å². The predicted octanol–water partition coefficient (Wildman–Crippen LogP) is 7.44. The largest absolute Gasteiger partial charge is 0.340 e. The maximum atomic E-state index is 5.09. The monoisotopic (exact) mass is 527 g/mol. The van der Waals surface area contributed by atoms with Crippen LogP contribution >= 0.6 is 0 Å². The molecule has 2 aromatic heterocycles. The fraction of sp³-hybridized carbons (Fsp3) is 0.212. The van der Waals surface area contributed by atoms with Gasteiger partial charge in [-0.25, -0.2) is 4.68 Å². The number of aromatic nitrogens is 5. The number of aryl methyl sites for hydroxylation is 1. The summed E-state index contributed by atoms with van der Waals surface area (Å²) in [5, 5.41) is 22.1. The molecule has 0 saturated carbocycles. The quantitative estimate of drug-likeness (QED) is 0.145. The Morgan fingerprint density at radius 3 is 2.30 bits per heavy atom. The number of para-hydroxylation sites is 2. The summed E-state index contributed by atoms with van der Waals surface area (Å²) in [6.07, 6.45) is 1.14. The maximum Gasteiger partial charge on any atom is 0.271 e. The summed E-state index contributed by atoms with van der Waals surface area (Å²) in [6, 6.07) is 35.6. The minimum absolute atomic E-state index is 0.545. The van der Waals surface area contributed by atoms with Crippen LogP contribution in [0.2, 0.25) is 0 Å². The first kappa shape index (κ1) is 25.5. The number of hydrogen-bond acceptors (Lipinski definition) is 5. The van der Waals surface area contributed by atoms with E-state index in [2.05, 4.69) is 88.5 Å². The number of rotatable bonds is 9. The Hall–Kier alpha value is -4.78. The fourth-order valence-electron chi connectivity index (χ4n) is 5.11. The van der Waals surface area contributed by atoms with Crippen molar-refractivity contribution in [2.75, 3.05) is 5.01 Å². The highest BCUT2D eigenvalue weighted by Crippen LogP contribution is 2.31. The van der Waals surface area contributed by atoms with Crippen LogP contribution in [-0.4, -0.2) is 30.5 Å². The molecule has 4 aromatic carbocycles. The summed E-state index contributed by atoms with van der Waals surface area (Å²) < 4.78 is 4.24. The Morgan fingerprint density at radius 2 is 1.52 bits per heavy atom. The Bertz CT molecular complexity index is 1760. The number of tetrazole rings is 1. The first-order valence-corrected chi connectivity index (χ1v) is 13.8. The predicted molar refractivity (Wildman–Crippen MR) is 163 cm³/mol. The second-order valence-corrected chi connectivity index (χ2v) is 10.5. The summed E-state index contributed by atoms with van der Waals surface area (Å²) in [4.78, 5) is 0. The van der Waals surface area contributed by atoms with E-state index in [-0.39, 0.29) is 0 Å². The maximum absolute atomic E-state index is 5.09. The molecule has 40 heavy (non-hydrogen) atoms. The van der Waals surface area contributed by atoms with Gasteiger partial charge >= 0.3 is 0 Å². The summed E-state index contributed by atoms with van der Waals surface area (Å²) in [6.45, 7) is 8.14. The van der Waals surface area contributed by atoms with E-state index in [0.717, 1.165) is 35.5 Å². The Labute approximate surface area is 234 Å². The Morgan fingerprint density at radius 1 is 0.825 bits per heavy atom. The molecule has 6 rings (SSSR count). The van der Waals surface area contributed by atoms with Gasteiger partial charge < -0.3 is 4.57 Å². The van der Waals surface area contributed by atoms with Gasteiger partial charge in [-0.3, -0.25) is 0 Å². The molecule has 0 amide bonds. The second-order valence-electron chi connectivity index (χ2n) is 10.5. The van der Waals surface area contributed by atoms with Crippen molar-refractivity contribution in [1.29, 1.82) is 0 Å². The molecule has 0 aliphatic heterocycles. The number of fused-ring (bicyclic) bond motifs is 3. The average Bonchev–Trinajstić information content (AvgIpc) is 3.57. The number of hydrazone groups is 1. The van der Waals surface area contributed by atoms with Crippen LogP contribution in [0.3, 0.4) is 0 Å². The summed E-state index contributed by atoms with van der Waals surface area (Å²) in [5.74, 6) is 1.20. The van der Waals surface area contributed by atoms with Gasteiger partial charge in [-0.2, -0.15) is 10.1 Å². The van der Waals surface area contributed by atoms with Gasteiger partial charge in [0, 0.05) is 28.4 Å². The summed E-state index contributed by atoms with van der Waals surface area (Å²) in [7, 11) is 0. The van der Waals surface area contributed by atoms with Gasteiger partial charge in [-0.1, -0.05) is 91.7 Å². The third-order valence-electron chi connectivity index (χ3n) is 7.25. The zero-order chi connectivity index (χ0) is 27.5. The van der Waals surface area contributed by atoms with Crippen LogP contribution in [0.15, 0.2) is 108 Å². The fourth-order valence-corrected chi connectivity index (χ4v) is 5.11. The SMILES string of the molecule is CC(=NN(c1ccccc1)c1nnnn1Cc1ccccc1)c1ccc2c(c1)c1ccccc1n2CCC(C)C. The molecule has 0 N–H and O–H groups in total. The van der Waals surface area contributed by atoms with Crippen molar-refractivity contribution in [3.8, 4) is 0 Å². The first-order valence-electron chi connectivity index (χ1n) is 13.8. The minimum atomic E-state index is 0.545. The smallest absolute Gasteiger partial charge is 0.271 e. The lowest BCUT2D eigenvalue weighted by Gasteiger charge is -2.19.